The molecule has 1 rings (SSSR count). The van der Waals surface area contributed by atoms with E-state index < -0.39 is 5.97 Å². The van der Waals surface area contributed by atoms with E-state index in [0.717, 1.165) is 10.0 Å². The number of carbonyl (C=O) groups excluding carboxylic acids is 1. The number of halogens is 1. The van der Waals surface area contributed by atoms with Crippen molar-refractivity contribution in [2.75, 3.05) is 11.9 Å². The molecule has 0 saturated carbocycles. The molecule has 3 N–H and O–H groups in total. The Kier molecular flexibility index (Phi) is 5.82. The minimum absolute atomic E-state index is 0.0381. The van der Waals surface area contributed by atoms with Crippen molar-refractivity contribution in [1.82, 2.24) is 5.32 Å². The van der Waals surface area contributed by atoms with E-state index in [1.165, 1.54) is 0 Å². The van der Waals surface area contributed by atoms with E-state index in [0.29, 0.717) is 12.2 Å². The van der Waals surface area contributed by atoms with Crippen LogP contribution in [0.2, 0.25) is 0 Å². The summed E-state index contributed by atoms with van der Waals surface area (Å²) in [5.41, 5.74) is 1.77. The molecular formula is C13H17BrN2O3. The molecule has 0 aromatic heterocycles. The fraction of sp³-hybridized carbons (Fsp3) is 0.385. The van der Waals surface area contributed by atoms with Gasteiger partial charge in [-0.15, -0.1) is 0 Å². The van der Waals surface area contributed by atoms with Gasteiger partial charge < -0.3 is 15.7 Å². The lowest BCUT2D eigenvalue weighted by atomic mass is 10.1. The van der Waals surface area contributed by atoms with E-state index >= 15 is 0 Å². The smallest absolute Gasteiger partial charge is 0.319 e. The van der Waals surface area contributed by atoms with Gasteiger partial charge >= 0.3 is 12.0 Å². The Morgan fingerprint density at radius 2 is 2.11 bits per heavy atom. The number of aryl methyl sites for hydroxylation is 1. The topological polar surface area (TPSA) is 78.4 Å². The Hall–Kier alpha value is -1.56. The van der Waals surface area contributed by atoms with Gasteiger partial charge in [0.25, 0.3) is 0 Å². The van der Waals surface area contributed by atoms with Crippen LogP contribution in [-0.2, 0) is 4.79 Å². The van der Waals surface area contributed by atoms with Crippen molar-refractivity contribution in [3.63, 3.8) is 0 Å². The number of benzene rings is 1. The van der Waals surface area contributed by atoms with Gasteiger partial charge in [-0.3, -0.25) is 4.79 Å². The Morgan fingerprint density at radius 1 is 1.42 bits per heavy atom. The maximum atomic E-state index is 11.6. The summed E-state index contributed by atoms with van der Waals surface area (Å²) in [5.74, 6) is -0.967. The van der Waals surface area contributed by atoms with Crippen molar-refractivity contribution in [3.05, 3.63) is 28.2 Å². The average Bonchev–Trinajstić information content (AvgIpc) is 2.30. The lowest BCUT2D eigenvalue weighted by Gasteiger charge is -2.12. The van der Waals surface area contributed by atoms with Gasteiger partial charge in [-0.25, -0.2) is 4.79 Å². The van der Waals surface area contributed by atoms with Gasteiger partial charge in [0, 0.05) is 23.1 Å². The second kappa shape index (κ2) is 7.13. The van der Waals surface area contributed by atoms with Gasteiger partial charge in [-0.05, 0) is 30.5 Å². The molecule has 0 fully saturated rings. The van der Waals surface area contributed by atoms with Crippen LogP contribution in [-0.4, -0.2) is 23.7 Å². The van der Waals surface area contributed by atoms with Gasteiger partial charge in [-0.2, -0.15) is 0 Å². The average molecular weight is 329 g/mol. The van der Waals surface area contributed by atoms with E-state index in [1.54, 1.807) is 13.0 Å². The zero-order valence-electron chi connectivity index (χ0n) is 10.9. The third-order valence-electron chi connectivity index (χ3n) is 2.56. The van der Waals surface area contributed by atoms with Crippen molar-refractivity contribution in [3.8, 4) is 0 Å². The first kappa shape index (κ1) is 15.5. The van der Waals surface area contributed by atoms with Crippen molar-refractivity contribution in [1.29, 1.82) is 0 Å². The SMILES string of the molecule is Cc1ccc(NC(=O)NCC(C)CC(=O)O)cc1Br. The lowest BCUT2D eigenvalue weighted by molar-refractivity contribution is -0.137. The summed E-state index contributed by atoms with van der Waals surface area (Å²) in [6.07, 6.45) is 0.0381. The number of aliphatic carboxylic acids is 1. The Balaban J connectivity index is 2.42. The first-order valence-electron chi connectivity index (χ1n) is 5.91. The van der Waals surface area contributed by atoms with Crippen molar-refractivity contribution < 1.29 is 14.7 Å². The molecule has 0 spiro atoms. The quantitative estimate of drug-likeness (QED) is 0.777. The number of rotatable bonds is 5. The van der Waals surface area contributed by atoms with Crippen LogP contribution in [0, 0.1) is 12.8 Å². The Bertz CT molecular complexity index is 477. The molecule has 104 valence electrons. The van der Waals surface area contributed by atoms with Crippen LogP contribution in [0.5, 0.6) is 0 Å². The highest BCUT2D eigenvalue weighted by Gasteiger charge is 2.09. The summed E-state index contributed by atoms with van der Waals surface area (Å²) < 4.78 is 0.921. The lowest BCUT2D eigenvalue weighted by Crippen LogP contribution is -2.32. The molecule has 0 saturated heterocycles. The van der Waals surface area contributed by atoms with Crippen LogP contribution >= 0.6 is 15.9 Å². The van der Waals surface area contributed by atoms with Crippen LogP contribution in [0.15, 0.2) is 22.7 Å². The molecule has 0 bridgehead atoms. The van der Waals surface area contributed by atoms with Crippen LogP contribution in [0.3, 0.4) is 0 Å². The molecule has 1 aromatic carbocycles. The minimum atomic E-state index is -0.864. The number of carbonyl (C=O) groups is 2. The Morgan fingerprint density at radius 3 is 2.68 bits per heavy atom. The number of amides is 2. The van der Waals surface area contributed by atoms with Gasteiger partial charge in [0.05, 0.1) is 0 Å². The predicted octanol–water partition coefficient (Wildman–Crippen LogP) is 2.99. The summed E-state index contributed by atoms with van der Waals surface area (Å²) in [7, 11) is 0. The first-order chi connectivity index (χ1) is 8.88. The molecule has 19 heavy (non-hydrogen) atoms. The maximum Gasteiger partial charge on any atom is 0.319 e. The molecule has 2 amide bonds. The summed E-state index contributed by atoms with van der Waals surface area (Å²) in [5, 5.41) is 13.9. The summed E-state index contributed by atoms with van der Waals surface area (Å²) in [4.78, 5) is 22.1. The molecule has 1 unspecified atom stereocenters. The molecule has 0 aliphatic heterocycles. The van der Waals surface area contributed by atoms with Crippen LogP contribution in [0.25, 0.3) is 0 Å². The number of hydrogen-bond donors (Lipinski definition) is 3. The van der Waals surface area contributed by atoms with E-state index in [9.17, 15) is 9.59 Å². The molecule has 5 nitrogen and oxygen atoms in total. The van der Waals surface area contributed by atoms with E-state index in [1.807, 2.05) is 19.1 Å². The summed E-state index contributed by atoms with van der Waals surface area (Å²) in [6, 6.07) is 5.18. The van der Waals surface area contributed by atoms with E-state index in [4.69, 9.17) is 5.11 Å². The highest BCUT2D eigenvalue weighted by molar-refractivity contribution is 9.10. The minimum Gasteiger partial charge on any atom is -0.481 e. The number of urea groups is 1. The number of carboxylic acid groups (broad SMARTS) is 1. The zero-order valence-corrected chi connectivity index (χ0v) is 12.5. The van der Waals surface area contributed by atoms with Crippen LogP contribution in [0.4, 0.5) is 10.5 Å². The second-order valence-electron chi connectivity index (χ2n) is 4.50. The van der Waals surface area contributed by atoms with Crippen molar-refractivity contribution in [2.45, 2.75) is 20.3 Å². The van der Waals surface area contributed by atoms with Crippen molar-refractivity contribution >= 4 is 33.6 Å². The number of hydrogen-bond acceptors (Lipinski definition) is 2. The monoisotopic (exact) mass is 328 g/mol. The summed E-state index contributed by atoms with van der Waals surface area (Å²) >= 11 is 3.39. The number of carboxylic acids is 1. The predicted molar refractivity (Wildman–Crippen MR) is 77.3 cm³/mol. The number of anilines is 1. The third kappa shape index (κ3) is 5.74. The normalized spacial score (nSPS) is 11.7. The van der Waals surface area contributed by atoms with Gasteiger partial charge in [0.1, 0.15) is 0 Å². The van der Waals surface area contributed by atoms with Crippen LogP contribution < -0.4 is 10.6 Å². The second-order valence-corrected chi connectivity index (χ2v) is 5.36. The maximum absolute atomic E-state index is 11.6. The molecule has 1 aromatic rings. The molecule has 6 heteroatoms. The molecule has 0 aliphatic rings. The fourth-order valence-electron chi connectivity index (χ4n) is 1.48. The molecule has 0 heterocycles. The van der Waals surface area contributed by atoms with Gasteiger partial charge in [0.2, 0.25) is 0 Å². The highest BCUT2D eigenvalue weighted by atomic mass is 79.9. The third-order valence-corrected chi connectivity index (χ3v) is 3.42. The van der Waals surface area contributed by atoms with Crippen LogP contribution in [0.1, 0.15) is 18.9 Å². The molecule has 1 atom stereocenters. The molecular weight excluding hydrogens is 312 g/mol. The largest absolute Gasteiger partial charge is 0.481 e. The Labute approximate surface area is 120 Å². The standard InChI is InChI=1S/C13H17BrN2O3/c1-8(5-12(17)18)7-15-13(19)16-10-4-3-9(2)11(14)6-10/h3-4,6,8H,5,7H2,1-2H3,(H,17,18)(H2,15,16,19). The van der Waals surface area contributed by atoms with E-state index in [2.05, 4.69) is 26.6 Å². The van der Waals surface area contributed by atoms with Gasteiger partial charge in [-0.1, -0.05) is 28.9 Å². The zero-order chi connectivity index (χ0) is 14.4. The van der Waals surface area contributed by atoms with Crippen molar-refractivity contribution in [2.24, 2.45) is 5.92 Å². The molecule has 0 aliphatic carbocycles. The van der Waals surface area contributed by atoms with Gasteiger partial charge in [0.15, 0.2) is 0 Å². The number of nitrogens with one attached hydrogen (secondary N) is 2. The highest BCUT2D eigenvalue weighted by Crippen LogP contribution is 2.20. The fourth-order valence-corrected chi connectivity index (χ4v) is 1.86. The summed E-state index contributed by atoms with van der Waals surface area (Å²) in [6.45, 7) is 4.06. The molecule has 0 radical (unpaired) electrons. The van der Waals surface area contributed by atoms with E-state index in [-0.39, 0.29) is 18.4 Å². The first-order valence-corrected chi connectivity index (χ1v) is 6.70.